The molecule has 0 aliphatic heterocycles. The van der Waals surface area contributed by atoms with Crippen LogP contribution in [0.4, 0.5) is 0 Å². The van der Waals surface area contributed by atoms with Crippen LogP contribution in [0.25, 0.3) is 0 Å². The quantitative estimate of drug-likeness (QED) is 0.804. The van der Waals surface area contributed by atoms with E-state index >= 15 is 0 Å². The highest BCUT2D eigenvalue weighted by Crippen LogP contribution is 2.18. The van der Waals surface area contributed by atoms with Crippen LogP contribution in [0.15, 0.2) is 24.3 Å². The van der Waals surface area contributed by atoms with Gasteiger partial charge in [0.2, 0.25) is 5.91 Å². The fourth-order valence-corrected chi connectivity index (χ4v) is 1.63. The van der Waals surface area contributed by atoms with Gasteiger partial charge < -0.3 is 15.8 Å². The predicted molar refractivity (Wildman–Crippen MR) is 68.0 cm³/mol. The third kappa shape index (κ3) is 4.07. The molecule has 0 saturated carbocycles. The molecule has 0 heterocycles. The summed E-state index contributed by atoms with van der Waals surface area (Å²) in [4.78, 5) is 11.4. The minimum atomic E-state index is -0.477. The van der Waals surface area contributed by atoms with E-state index in [1.807, 2.05) is 31.2 Å². The van der Waals surface area contributed by atoms with E-state index in [2.05, 4.69) is 5.32 Å². The minimum Gasteiger partial charge on any atom is -0.496 e. The van der Waals surface area contributed by atoms with Crippen molar-refractivity contribution in [1.82, 2.24) is 5.32 Å². The molecule has 1 unspecified atom stereocenters. The molecule has 0 aliphatic carbocycles. The van der Waals surface area contributed by atoms with Crippen molar-refractivity contribution in [2.45, 2.75) is 32.4 Å². The van der Waals surface area contributed by atoms with Crippen molar-refractivity contribution in [2.75, 3.05) is 7.11 Å². The van der Waals surface area contributed by atoms with Crippen molar-refractivity contribution in [1.29, 1.82) is 0 Å². The molecule has 0 saturated heterocycles. The second-order valence-electron chi connectivity index (χ2n) is 4.21. The fraction of sp³-hybridized carbons (Fsp3) is 0.462. The SMILES string of the molecule is COc1ccccc1CC(C)NC(=O)[C@@H](C)N. The number of hydrogen-bond acceptors (Lipinski definition) is 3. The number of benzene rings is 1. The van der Waals surface area contributed by atoms with Gasteiger partial charge in [-0.2, -0.15) is 0 Å². The fourth-order valence-electron chi connectivity index (χ4n) is 1.63. The summed E-state index contributed by atoms with van der Waals surface area (Å²) < 4.78 is 5.26. The van der Waals surface area contributed by atoms with Crippen molar-refractivity contribution in [3.8, 4) is 5.75 Å². The lowest BCUT2D eigenvalue weighted by Gasteiger charge is -2.17. The van der Waals surface area contributed by atoms with Crippen LogP contribution in [0, 0.1) is 0 Å². The Balaban J connectivity index is 2.61. The monoisotopic (exact) mass is 236 g/mol. The molecule has 0 bridgehead atoms. The standard InChI is InChI=1S/C13H20N2O2/c1-9(15-13(16)10(2)14)8-11-6-4-5-7-12(11)17-3/h4-7,9-10H,8,14H2,1-3H3,(H,15,16)/t9?,10-/m1/s1. The molecule has 3 N–H and O–H groups in total. The lowest BCUT2D eigenvalue weighted by molar-refractivity contribution is -0.122. The third-order valence-corrected chi connectivity index (χ3v) is 2.52. The smallest absolute Gasteiger partial charge is 0.236 e. The molecule has 0 aromatic heterocycles. The molecule has 0 radical (unpaired) electrons. The highest BCUT2D eigenvalue weighted by atomic mass is 16.5. The Morgan fingerprint density at radius 3 is 2.65 bits per heavy atom. The van der Waals surface area contributed by atoms with Crippen LogP contribution in [-0.2, 0) is 11.2 Å². The maximum Gasteiger partial charge on any atom is 0.236 e. The normalized spacial score (nSPS) is 13.9. The molecule has 0 spiro atoms. The third-order valence-electron chi connectivity index (χ3n) is 2.52. The number of ether oxygens (including phenoxy) is 1. The molecule has 94 valence electrons. The number of nitrogens with one attached hydrogen (secondary N) is 1. The maximum absolute atomic E-state index is 11.4. The van der Waals surface area contributed by atoms with Crippen molar-refractivity contribution >= 4 is 5.91 Å². The first-order valence-corrected chi connectivity index (χ1v) is 5.72. The Kier molecular flexibility index (Phi) is 4.97. The number of hydrogen-bond donors (Lipinski definition) is 2. The zero-order chi connectivity index (χ0) is 12.8. The average molecular weight is 236 g/mol. The molecule has 1 rings (SSSR count). The summed E-state index contributed by atoms with van der Waals surface area (Å²) in [5, 5.41) is 2.86. The first-order chi connectivity index (χ1) is 8.04. The van der Waals surface area contributed by atoms with Crippen LogP contribution in [0.2, 0.25) is 0 Å². The summed E-state index contributed by atoms with van der Waals surface area (Å²) in [7, 11) is 1.64. The first-order valence-electron chi connectivity index (χ1n) is 5.72. The van der Waals surface area contributed by atoms with Crippen LogP contribution in [-0.4, -0.2) is 25.1 Å². The van der Waals surface area contributed by atoms with Crippen LogP contribution >= 0.6 is 0 Å². The number of nitrogens with two attached hydrogens (primary N) is 1. The van der Waals surface area contributed by atoms with Crippen LogP contribution < -0.4 is 15.8 Å². The number of rotatable bonds is 5. The number of carbonyl (C=O) groups excluding carboxylic acids is 1. The molecule has 17 heavy (non-hydrogen) atoms. The highest BCUT2D eigenvalue weighted by Gasteiger charge is 2.13. The zero-order valence-electron chi connectivity index (χ0n) is 10.6. The Hall–Kier alpha value is -1.55. The Labute approximate surface area is 102 Å². The van der Waals surface area contributed by atoms with Crippen molar-refractivity contribution in [2.24, 2.45) is 5.73 Å². The van der Waals surface area contributed by atoms with E-state index < -0.39 is 6.04 Å². The summed E-state index contributed by atoms with van der Waals surface area (Å²) in [5.74, 6) is 0.710. The van der Waals surface area contributed by atoms with Gasteiger partial charge in [0.25, 0.3) is 0 Å². The van der Waals surface area contributed by atoms with Gasteiger partial charge >= 0.3 is 0 Å². The number of para-hydroxylation sites is 1. The summed E-state index contributed by atoms with van der Waals surface area (Å²) in [6, 6.07) is 7.34. The predicted octanol–water partition coefficient (Wildman–Crippen LogP) is 1.09. The van der Waals surface area contributed by atoms with Gasteiger partial charge in [-0.25, -0.2) is 0 Å². The largest absolute Gasteiger partial charge is 0.496 e. The number of methoxy groups -OCH3 is 1. The van der Waals surface area contributed by atoms with Crippen molar-refractivity contribution in [3.63, 3.8) is 0 Å². The van der Waals surface area contributed by atoms with Gasteiger partial charge in [0.1, 0.15) is 5.75 Å². The Bertz CT molecular complexity index is 377. The van der Waals surface area contributed by atoms with Gasteiger partial charge in [0.15, 0.2) is 0 Å². The number of amides is 1. The van der Waals surface area contributed by atoms with Gasteiger partial charge in [-0.15, -0.1) is 0 Å². The van der Waals surface area contributed by atoms with E-state index in [1.165, 1.54) is 0 Å². The number of carbonyl (C=O) groups is 1. The van der Waals surface area contributed by atoms with Gasteiger partial charge in [0.05, 0.1) is 13.2 Å². The van der Waals surface area contributed by atoms with Crippen LogP contribution in [0.1, 0.15) is 19.4 Å². The summed E-state index contributed by atoms with van der Waals surface area (Å²) in [5.41, 5.74) is 6.57. The average Bonchev–Trinajstić information content (AvgIpc) is 2.29. The van der Waals surface area contributed by atoms with Gasteiger partial charge in [-0.1, -0.05) is 18.2 Å². The van der Waals surface area contributed by atoms with Gasteiger partial charge in [-0.05, 0) is 31.9 Å². The van der Waals surface area contributed by atoms with Crippen molar-refractivity contribution in [3.05, 3.63) is 29.8 Å². The highest BCUT2D eigenvalue weighted by molar-refractivity contribution is 5.81. The molecule has 4 heteroatoms. The zero-order valence-corrected chi connectivity index (χ0v) is 10.6. The summed E-state index contributed by atoms with van der Waals surface area (Å²) in [6.07, 6.45) is 0.725. The molecule has 0 aliphatic rings. The van der Waals surface area contributed by atoms with Gasteiger partial charge in [0, 0.05) is 6.04 Å². The van der Waals surface area contributed by atoms with E-state index in [0.29, 0.717) is 0 Å². The second kappa shape index (κ2) is 6.25. The summed E-state index contributed by atoms with van der Waals surface area (Å²) >= 11 is 0. The molecule has 1 amide bonds. The van der Waals surface area contributed by atoms with Crippen LogP contribution in [0.3, 0.4) is 0 Å². The molecule has 4 nitrogen and oxygen atoms in total. The van der Waals surface area contributed by atoms with E-state index in [0.717, 1.165) is 17.7 Å². The molecular formula is C13H20N2O2. The van der Waals surface area contributed by atoms with Crippen LogP contribution in [0.5, 0.6) is 5.75 Å². The second-order valence-corrected chi connectivity index (χ2v) is 4.21. The molecule has 1 aromatic carbocycles. The van der Waals surface area contributed by atoms with E-state index in [1.54, 1.807) is 14.0 Å². The lowest BCUT2D eigenvalue weighted by Crippen LogP contribution is -2.43. The maximum atomic E-state index is 11.4. The molecule has 1 aromatic rings. The van der Waals surface area contributed by atoms with E-state index in [-0.39, 0.29) is 11.9 Å². The first kappa shape index (κ1) is 13.5. The molecule has 0 fully saturated rings. The molecule has 2 atom stereocenters. The summed E-state index contributed by atoms with van der Waals surface area (Å²) in [6.45, 7) is 3.62. The topological polar surface area (TPSA) is 64.3 Å². The van der Waals surface area contributed by atoms with E-state index in [4.69, 9.17) is 10.5 Å². The van der Waals surface area contributed by atoms with Crippen molar-refractivity contribution < 1.29 is 9.53 Å². The minimum absolute atomic E-state index is 0.0322. The van der Waals surface area contributed by atoms with Gasteiger partial charge in [-0.3, -0.25) is 4.79 Å². The molecular weight excluding hydrogens is 216 g/mol. The Morgan fingerprint density at radius 1 is 1.41 bits per heavy atom. The Morgan fingerprint density at radius 2 is 2.06 bits per heavy atom. The lowest BCUT2D eigenvalue weighted by atomic mass is 10.1. The van der Waals surface area contributed by atoms with E-state index in [9.17, 15) is 4.79 Å².